The molecular formula is C13H19ClFN. The molecule has 1 aromatic rings. The van der Waals surface area contributed by atoms with Crippen LogP contribution in [-0.4, -0.2) is 6.04 Å². The summed E-state index contributed by atoms with van der Waals surface area (Å²) in [5.74, 6) is 0.384. The van der Waals surface area contributed by atoms with Gasteiger partial charge in [0.1, 0.15) is 5.82 Å². The van der Waals surface area contributed by atoms with Crippen molar-refractivity contribution in [2.24, 2.45) is 5.92 Å². The summed E-state index contributed by atoms with van der Waals surface area (Å²) in [5, 5.41) is 3.87. The van der Waals surface area contributed by atoms with Crippen LogP contribution in [0, 0.1) is 11.7 Å². The van der Waals surface area contributed by atoms with Crippen molar-refractivity contribution in [2.75, 3.05) is 0 Å². The number of nitrogens with one attached hydrogen (secondary N) is 1. The van der Waals surface area contributed by atoms with E-state index in [0.29, 0.717) is 23.5 Å². The summed E-state index contributed by atoms with van der Waals surface area (Å²) in [7, 11) is 0. The Kier molecular flexibility index (Phi) is 5.23. The standard InChI is InChI=1S/C13H19ClFN/c1-9(2)6-10(3)16-8-11-4-5-12(15)7-13(11)14/h4-5,7,9-10,16H,6,8H2,1-3H3. The zero-order valence-electron chi connectivity index (χ0n) is 10.1. The van der Waals surface area contributed by atoms with E-state index in [4.69, 9.17) is 11.6 Å². The fourth-order valence-electron chi connectivity index (χ4n) is 1.74. The van der Waals surface area contributed by atoms with Crippen molar-refractivity contribution in [3.05, 3.63) is 34.6 Å². The normalized spacial score (nSPS) is 13.1. The lowest BCUT2D eigenvalue weighted by Gasteiger charge is -2.16. The average molecular weight is 244 g/mol. The predicted molar refractivity (Wildman–Crippen MR) is 67.2 cm³/mol. The lowest BCUT2D eigenvalue weighted by Crippen LogP contribution is -2.26. The quantitative estimate of drug-likeness (QED) is 0.824. The molecule has 3 heteroatoms. The third-order valence-electron chi connectivity index (χ3n) is 2.48. The first-order valence-corrected chi connectivity index (χ1v) is 6.04. The Morgan fingerprint density at radius 1 is 1.31 bits per heavy atom. The Bertz CT molecular complexity index is 339. The molecule has 0 aliphatic rings. The molecular weight excluding hydrogens is 225 g/mol. The number of hydrogen-bond acceptors (Lipinski definition) is 1. The summed E-state index contributed by atoms with van der Waals surface area (Å²) in [6, 6.07) is 4.97. The SMILES string of the molecule is CC(C)CC(C)NCc1ccc(F)cc1Cl. The first kappa shape index (κ1) is 13.5. The topological polar surface area (TPSA) is 12.0 Å². The molecule has 0 radical (unpaired) electrons. The maximum atomic E-state index is 12.8. The van der Waals surface area contributed by atoms with Gasteiger partial charge in [-0.2, -0.15) is 0 Å². The summed E-state index contributed by atoms with van der Waals surface area (Å²) in [4.78, 5) is 0. The van der Waals surface area contributed by atoms with Gasteiger partial charge in [-0.05, 0) is 37.0 Å². The molecule has 16 heavy (non-hydrogen) atoms. The van der Waals surface area contributed by atoms with Gasteiger partial charge in [-0.25, -0.2) is 4.39 Å². The van der Waals surface area contributed by atoms with Gasteiger partial charge in [-0.15, -0.1) is 0 Å². The van der Waals surface area contributed by atoms with Crippen LogP contribution in [0.5, 0.6) is 0 Å². The fourth-order valence-corrected chi connectivity index (χ4v) is 1.97. The van der Waals surface area contributed by atoms with E-state index in [2.05, 4.69) is 26.1 Å². The highest BCUT2D eigenvalue weighted by atomic mass is 35.5. The van der Waals surface area contributed by atoms with E-state index in [1.54, 1.807) is 6.07 Å². The third kappa shape index (κ3) is 4.50. The molecule has 0 fully saturated rings. The molecule has 1 nitrogen and oxygen atoms in total. The molecule has 1 N–H and O–H groups in total. The van der Waals surface area contributed by atoms with E-state index in [0.717, 1.165) is 12.0 Å². The molecule has 0 aliphatic carbocycles. The molecule has 0 aliphatic heterocycles. The van der Waals surface area contributed by atoms with Crippen LogP contribution in [0.2, 0.25) is 5.02 Å². The summed E-state index contributed by atoms with van der Waals surface area (Å²) >= 11 is 5.94. The summed E-state index contributed by atoms with van der Waals surface area (Å²) < 4.78 is 12.8. The van der Waals surface area contributed by atoms with Crippen molar-refractivity contribution in [2.45, 2.75) is 39.8 Å². The molecule has 1 atom stereocenters. The van der Waals surface area contributed by atoms with Gasteiger partial charge < -0.3 is 5.32 Å². The molecule has 1 unspecified atom stereocenters. The molecule has 90 valence electrons. The monoisotopic (exact) mass is 243 g/mol. The van der Waals surface area contributed by atoms with Crippen molar-refractivity contribution >= 4 is 11.6 Å². The molecule has 0 saturated heterocycles. The zero-order chi connectivity index (χ0) is 12.1. The van der Waals surface area contributed by atoms with Crippen molar-refractivity contribution in [3.8, 4) is 0 Å². The summed E-state index contributed by atoms with van der Waals surface area (Å²) in [6.45, 7) is 7.23. The van der Waals surface area contributed by atoms with Gasteiger partial charge >= 0.3 is 0 Å². The highest BCUT2D eigenvalue weighted by Gasteiger charge is 2.06. The van der Waals surface area contributed by atoms with E-state index < -0.39 is 0 Å². The van der Waals surface area contributed by atoms with Crippen LogP contribution in [0.4, 0.5) is 4.39 Å². The van der Waals surface area contributed by atoms with Crippen LogP contribution in [0.25, 0.3) is 0 Å². The van der Waals surface area contributed by atoms with Crippen molar-refractivity contribution in [1.29, 1.82) is 0 Å². The van der Waals surface area contributed by atoms with Crippen LogP contribution in [0.1, 0.15) is 32.8 Å². The molecule has 1 rings (SSSR count). The molecule has 0 spiro atoms. The summed E-state index contributed by atoms with van der Waals surface area (Å²) in [6.07, 6.45) is 1.12. The van der Waals surface area contributed by atoms with E-state index in [9.17, 15) is 4.39 Å². The Hall–Kier alpha value is -0.600. The predicted octanol–water partition coefficient (Wildman–Crippen LogP) is 4.00. The lowest BCUT2D eigenvalue weighted by molar-refractivity contribution is 0.441. The molecule has 0 saturated carbocycles. The van der Waals surface area contributed by atoms with Gasteiger partial charge in [-0.3, -0.25) is 0 Å². The minimum Gasteiger partial charge on any atom is -0.310 e. The average Bonchev–Trinajstić information content (AvgIpc) is 2.15. The van der Waals surface area contributed by atoms with Crippen LogP contribution in [-0.2, 0) is 6.54 Å². The molecule has 1 aromatic carbocycles. The second kappa shape index (κ2) is 6.21. The van der Waals surface area contributed by atoms with Crippen molar-refractivity contribution < 1.29 is 4.39 Å². The van der Waals surface area contributed by atoms with Gasteiger partial charge in [-0.1, -0.05) is 31.5 Å². The third-order valence-corrected chi connectivity index (χ3v) is 2.83. The van der Waals surface area contributed by atoms with Crippen LogP contribution >= 0.6 is 11.6 Å². The number of hydrogen-bond donors (Lipinski definition) is 1. The highest BCUT2D eigenvalue weighted by molar-refractivity contribution is 6.31. The molecule has 0 aromatic heterocycles. The van der Waals surface area contributed by atoms with E-state index in [-0.39, 0.29) is 5.82 Å². The number of rotatable bonds is 5. The van der Waals surface area contributed by atoms with Gasteiger partial charge in [0, 0.05) is 17.6 Å². The fraction of sp³-hybridized carbons (Fsp3) is 0.538. The minimum absolute atomic E-state index is 0.288. The second-order valence-corrected chi connectivity index (χ2v) is 5.05. The van der Waals surface area contributed by atoms with Gasteiger partial charge in [0.25, 0.3) is 0 Å². The van der Waals surface area contributed by atoms with E-state index in [1.807, 2.05) is 0 Å². The lowest BCUT2D eigenvalue weighted by atomic mass is 10.1. The Balaban J connectivity index is 2.48. The van der Waals surface area contributed by atoms with Gasteiger partial charge in [0.2, 0.25) is 0 Å². The number of benzene rings is 1. The number of halogens is 2. The van der Waals surface area contributed by atoms with Crippen LogP contribution in [0.15, 0.2) is 18.2 Å². The molecule has 0 amide bonds. The van der Waals surface area contributed by atoms with E-state index >= 15 is 0 Å². The van der Waals surface area contributed by atoms with E-state index in [1.165, 1.54) is 12.1 Å². The Labute approximate surface area is 102 Å². The van der Waals surface area contributed by atoms with Crippen molar-refractivity contribution in [3.63, 3.8) is 0 Å². The van der Waals surface area contributed by atoms with Gasteiger partial charge in [0.05, 0.1) is 0 Å². The molecule has 0 bridgehead atoms. The van der Waals surface area contributed by atoms with Crippen molar-refractivity contribution in [1.82, 2.24) is 5.32 Å². The van der Waals surface area contributed by atoms with Gasteiger partial charge in [0.15, 0.2) is 0 Å². The smallest absolute Gasteiger partial charge is 0.124 e. The highest BCUT2D eigenvalue weighted by Crippen LogP contribution is 2.17. The first-order chi connectivity index (χ1) is 7.49. The van der Waals surface area contributed by atoms with Crippen LogP contribution in [0.3, 0.4) is 0 Å². The second-order valence-electron chi connectivity index (χ2n) is 4.65. The summed E-state index contributed by atoms with van der Waals surface area (Å²) in [5.41, 5.74) is 0.943. The minimum atomic E-state index is -0.288. The first-order valence-electron chi connectivity index (χ1n) is 5.66. The zero-order valence-corrected chi connectivity index (χ0v) is 10.8. The Morgan fingerprint density at radius 2 is 2.00 bits per heavy atom. The van der Waals surface area contributed by atoms with Crippen LogP contribution < -0.4 is 5.32 Å². The maximum absolute atomic E-state index is 12.8. The largest absolute Gasteiger partial charge is 0.310 e. The molecule has 0 heterocycles. The maximum Gasteiger partial charge on any atom is 0.124 e. The Morgan fingerprint density at radius 3 is 2.56 bits per heavy atom.